The lowest BCUT2D eigenvalue weighted by atomic mass is 10.1. The molecule has 184 valence electrons. The second-order valence-corrected chi connectivity index (χ2v) is 9.09. The molecular weight excluding hydrogens is 462 g/mol. The number of likely N-dealkylation sites (N-methyl/N-ethyl adjacent to an activating group) is 1. The average Bonchev–Trinajstić information content (AvgIpc) is 3.58. The Morgan fingerprint density at radius 3 is 2.54 bits per heavy atom. The number of hydrogen-bond donors (Lipinski definition) is 2. The molecule has 0 bridgehead atoms. The Balaban J connectivity index is 1.37. The third kappa shape index (κ3) is 5.78. The van der Waals surface area contributed by atoms with E-state index < -0.39 is 6.10 Å². The van der Waals surface area contributed by atoms with Gasteiger partial charge in [0.15, 0.2) is 11.5 Å². The number of H-pyrrole nitrogens is 1. The molecule has 4 aromatic rings. The molecule has 0 radical (unpaired) electrons. The van der Waals surface area contributed by atoms with Crippen molar-refractivity contribution < 1.29 is 19.3 Å². The van der Waals surface area contributed by atoms with E-state index in [4.69, 9.17) is 14.2 Å². The highest BCUT2D eigenvalue weighted by atomic mass is 32.1. The van der Waals surface area contributed by atoms with Crippen molar-refractivity contribution >= 4 is 17.0 Å². The SMILES string of the molecule is CCN(C[C@H](O)COc1ccc(-c2ncc(-c3cccs3)[nH]2)cc1C)c1ccc(OC)c(OC)c1. The fourth-order valence-corrected chi connectivity index (χ4v) is 4.61. The molecule has 0 saturated carbocycles. The van der Waals surface area contributed by atoms with E-state index in [9.17, 15) is 5.11 Å². The van der Waals surface area contributed by atoms with Crippen molar-refractivity contribution in [2.75, 3.05) is 38.8 Å². The summed E-state index contributed by atoms with van der Waals surface area (Å²) < 4.78 is 16.7. The van der Waals surface area contributed by atoms with Gasteiger partial charge in [0.2, 0.25) is 0 Å². The van der Waals surface area contributed by atoms with Crippen LogP contribution in [0, 0.1) is 6.92 Å². The van der Waals surface area contributed by atoms with Gasteiger partial charge in [-0.15, -0.1) is 11.3 Å². The van der Waals surface area contributed by atoms with Crippen LogP contribution in [0.25, 0.3) is 22.0 Å². The molecule has 0 unspecified atom stereocenters. The van der Waals surface area contributed by atoms with Gasteiger partial charge in [-0.3, -0.25) is 0 Å². The summed E-state index contributed by atoms with van der Waals surface area (Å²) in [6.07, 6.45) is 1.19. The van der Waals surface area contributed by atoms with E-state index in [1.54, 1.807) is 25.6 Å². The van der Waals surface area contributed by atoms with Gasteiger partial charge in [0.1, 0.15) is 24.3 Å². The van der Waals surface area contributed by atoms with Crippen LogP contribution in [0.15, 0.2) is 60.1 Å². The molecule has 0 spiro atoms. The second kappa shape index (κ2) is 11.3. The Hall–Kier alpha value is -3.49. The maximum absolute atomic E-state index is 10.7. The Labute approximate surface area is 209 Å². The minimum atomic E-state index is -0.666. The van der Waals surface area contributed by atoms with E-state index >= 15 is 0 Å². The standard InChI is InChI=1S/C27H31N3O4S/c1-5-30(20-9-11-24(32-3)25(14-20)33-4)16-21(31)17-34-23-10-8-19(13-18(23)2)27-28-15-22(29-27)26-7-6-12-35-26/h6-15,21,31H,5,16-17H2,1-4H3,(H,28,29)/t21-/m0/s1. The number of thiophene rings is 1. The van der Waals surface area contributed by atoms with Crippen LogP contribution in [0.2, 0.25) is 0 Å². The highest BCUT2D eigenvalue weighted by molar-refractivity contribution is 7.13. The van der Waals surface area contributed by atoms with Crippen molar-refractivity contribution in [1.82, 2.24) is 9.97 Å². The summed E-state index contributed by atoms with van der Waals surface area (Å²) in [5.74, 6) is 2.89. The van der Waals surface area contributed by atoms with Gasteiger partial charge >= 0.3 is 0 Å². The summed E-state index contributed by atoms with van der Waals surface area (Å²) in [6, 6.07) is 15.8. The third-order valence-electron chi connectivity index (χ3n) is 5.79. The predicted octanol–water partition coefficient (Wildman–Crippen LogP) is 5.40. The second-order valence-electron chi connectivity index (χ2n) is 8.15. The number of nitrogens with one attached hydrogen (secondary N) is 1. The van der Waals surface area contributed by atoms with Crippen LogP contribution in [0.4, 0.5) is 5.69 Å². The number of ether oxygens (including phenoxy) is 3. The first-order valence-electron chi connectivity index (χ1n) is 11.5. The molecular formula is C27H31N3O4S. The summed E-state index contributed by atoms with van der Waals surface area (Å²) in [4.78, 5) is 11.1. The molecule has 0 saturated heterocycles. The number of benzene rings is 2. The Bertz CT molecular complexity index is 1240. The number of hydrogen-bond acceptors (Lipinski definition) is 7. The number of anilines is 1. The maximum Gasteiger partial charge on any atom is 0.162 e. The van der Waals surface area contributed by atoms with Crippen molar-refractivity contribution in [2.45, 2.75) is 20.0 Å². The Kier molecular flexibility index (Phi) is 7.94. The normalized spacial score (nSPS) is 11.8. The summed E-state index contributed by atoms with van der Waals surface area (Å²) in [5, 5.41) is 12.7. The molecule has 0 fully saturated rings. The largest absolute Gasteiger partial charge is 0.493 e. The Morgan fingerprint density at radius 2 is 1.86 bits per heavy atom. The van der Waals surface area contributed by atoms with Gasteiger partial charge in [-0.25, -0.2) is 4.98 Å². The summed E-state index contributed by atoms with van der Waals surface area (Å²) in [5.41, 5.74) is 3.93. The molecule has 0 aliphatic carbocycles. The van der Waals surface area contributed by atoms with Crippen molar-refractivity contribution in [3.05, 3.63) is 65.7 Å². The van der Waals surface area contributed by atoms with Gasteiger partial charge < -0.3 is 29.2 Å². The Morgan fingerprint density at radius 1 is 1.06 bits per heavy atom. The predicted molar refractivity (Wildman–Crippen MR) is 141 cm³/mol. The first-order valence-corrected chi connectivity index (χ1v) is 12.4. The molecule has 2 N–H and O–H groups in total. The van der Waals surface area contributed by atoms with Gasteiger partial charge in [-0.2, -0.15) is 0 Å². The quantitative estimate of drug-likeness (QED) is 0.291. The smallest absolute Gasteiger partial charge is 0.162 e. The molecule has 4 rings (SSSR count). The van der Waals surface area contributed by atoms with Gasteiger partial charge in [0.05, 0.1) is 31.0 Å². The average molecular weight is 494 g/mol. The topological polar surface area (TPSA) is 79.8 Å². The zero-order valence-electron chi connectivity index (χ0n) is 20.4. The van der Waals surface area contributed by atoms with Crippen LogP contribution < -0.4 is 19.1 Å². The number of rotatable bonds is 11. The monoisotopic (exact) mass is 493 g/mol. The molecule has 1 atom stereocenters. The summed E-state index contributed by atoms with van der Waals surface area (Å²) in [6.45, 7) is 5.40. The van der Waals surface area contributed by atoms with Crippen LogP contribution in [0.1, 0.15) is 12.5 Å². The van der Waals surface area contributed by atoms with E-state index in [0.717, 1.165) is 45.5 Å². The van der Waals surface area contributed by atoms with Gasteiger partial charge in [-0.05, 0) is 61.2 Å². The first-order chi connectivity index (χ1) is 17.0. The van der Waals surface area contributed by atoms with Crippen molar-refractivity contribution in [3.63, 3.8) is 0 Å². The van der Waals surface area contributed by atoms with Gasteiger partial charge in [0.25, 0.3) is 0 Å². The van der Waals surface area contributed by atoms with Gasteiger partial charge in [0, 0.05) is 30.4 Å². The molecule has 7 nitrogen and oxygen atoms in total. The molecule has 0 aliphatic rings. The first kappa shape index (κ1) is 24.6. The van der Waals surface area contributed by atoms with Crippen LogP contribution in [0.3, 0.4) is 0 Å². The molecule has 0 aliphatic heterocycles. The highest BCUT2D eigenvalue weighted by Crippen LogP contribution is 2.32. The van der Waals surface area contributed by atoms with Gasteiger partial charge in [-0.1, -0.05) is 6.07 Å². The molecule has 2 aromatic heterocycles. The van der Waals surface area contributed by atoms with Crippen molar-refractivity contribution in [2.24, 2.45) is 0 Å². The van der Waals surface area contributed by atoms with Crippen LogP contribution in [-0.2, 0) is 0 Å². The zero-order valence-corrected chi connectivity index (χ0v) is 21.3. The highest BCUT2D eigenvalue weighted by Gasteiger charge is 2.15. The van der Waals surface area contributed by atoms with Crippen LogP contribution >= 0.6 is 11.3 Å². The fraction of sp³-hybridized carbons (Fsp3) is 0.296. The number of imidazole rings is 1. The maximum atomic E-state index is 10.7. The van der Waals surface area contributed by atoms with E-state index in [2.05, 4.69) is 20.9 Å². The number of nitrogens with zero attached hydrogens (tertiary/aromatic N) is 2. The number of methoxy groups -OCH3 is 2. The zero-order chi connectivity index (χ0) is 24.8. The van der Waals surface area contributed by atoms with E-state index in [0.29, 0.717) is 18.0 Å². The lowest BCUT2D eigenvalue weighted by Crippen LogP contribution is -2.35. The van der Waals surface area contributed by atoms with Crippen LogP contribution in [0.5, 0.6) is 17.2 Å². The number of aliphatic hydroxyl groups is 1. The molecule has 2 heterocycles. The molecule has 2 aromatic carbocycles. The molecule has 0 amide bonds. The summed E-state index contributed by atoms with van der Waals surface area (Å²) in [7, 11) is 3.23. The molecule has 35 heavy (non-hydrogen) atoms. The lowest BCUT2D eigenvalue weighted by Gasteiger charge is -2.26. The minimum Gasteiger partial charge on any atom is -0.493 e. The third-order valence-corrected chi connectivity index (χ3v) is 6.69. The lowest BCUT2D eigenvalue weighted by molar-refractivity contribution is 0.112. The number of aromatic nitrogens is 2. The minimum absolute atomic E-state index is 0.188. The van der Waals surface area contributed by atoms with E-state index in [-0.39, 0.29) is 6.61 Å². The molecule has 8 heteroatoms. The summed E-state index contributed by atoms with van der Waals surface area (Å²) >= 11 is 1.68. The van der Waals surface area contributed by atoms with Crippen molar-refractivity contribution in [1.29, 1.82) is 0 Å². The van der Waals surface area contributed by atoms with E-state index in [1.807, 2.05) is 67.9 Å². The number of aryl methyl sites for hydroxylation is 1. The van der Waals surface area contributed by atoms with Crippen LogP contribution in [-0.4, -0.2) is 55.1 Å². The van der Waals surface area contributed by atoms with E-state index in [1.165, 1.54) is 0 Å². The fourth-order valence-electron chi connectivity index (χ4n) is 3.92. The number of aliphatic hydroxyl groups excluding tert-OH is 1. The van der Waals surface area contributed by atoms with Crippen molar-refractivity contribution in [3.8, 4) is 39.2 Å². The number of aromatic amines is 1.